The first-order valence-electron chi connectivity index (χ1n) is 7.41. The van der Waals surface area contributed by atoms with Crippen molar-refractivity contribution < 1.29 is 33.7 Å². The Labute approximate surface area is 145 Å². The van der Waals surface area contributed by atoms with E-state index in [1.807, 2.05) is 0 Å². The lowest BCUT2D eigenvalue weighted by Crippen LogP contribution is -2.41. The fourth-order valence-electron chi connectivity index (χ4n) is 1.95. The number of hydrogen-bond donors (Lipinski definition) is 2. The second kappa shape index (κ2) is 9.96. The van der Waals surface area contributed by atoms with E-state index in [-0.39, 0.29) is 24.3 Å². The van der Waals surface area contributed by atoms with E-state index in [0.717, 1.165) is 0 Å². The van der Waals surface area contributed by atoms with Crippen LogP contribution in [-0.4, -0.2) is 50.3 Å². The number of carbonyl (C=O) groups is 3. The van der Waals surface area contributed by atoms with Gasteiger partial charge in [0.1, 0.15) is 6.04 Å². The third-order valence-corrected chi connectivity index (χ3v) is 3.30. The Morgan fingerprint density at radius 2 is 1.92 bits per heavy atom. The fourth-order valence-corrected chi connectivity index (χ4v) is 1.95. The second-order valence-corrected chi connectivity index (χ2v) is 4.96. The number of carbonyl (C=O) groups excluding carboxylic acids is 3. The molecular weight excluding hydrogens is 330 g/mol. The van der Waals surface area contributed by atoms with Gasteiger partial charge < -0.3 is 24.6 Å². The van der Waals surface area contributed by atoms with Crippen molar-refractivity contribution >= 4 is 23.9 Å². The molecule has 0 saturated heterocycles. The molecule has 0 heterocycles. The van der Waals surface area contributed by atoms with E-state index in [0.29, 0.717) is 5.56 Å². The Morgan fingerprint density at radius 3 is 2.52 bits per heavy atom. The van der Waals surface area contributed by atoms with E-state index in [2.05, 4.69) is 14.8 Å². The van der Waals surface area contributed by atoms with Crippen molar-refractivity contribution in [3.05, 3.63) is 29.8 Å². The van der Waals surface area contributed by atoms with Crippen LogP contribution in [-0.2, 0) is 23.9 Å². The molecule has 8 heteroatoms. The molecule has 0 saturated carbocycles. The van der Waals surface area contributed by atoms with Crippen molar-refractivity contribution in [1.29, 1.82) is 0 Å². The van der Waals surface area contributed by atoms with E-state index >= 15 is 0 Å². The minimum Gasteiger partial charge on any atom is -0.504 e. The Balaban J connectivity index is 2.73. The van der Waals surface area contributed by atoms with Crippen LogP contribution in [0.15, 0.2) is 24.3 Å². The van der Waals surface area contributed by atoms with Crippen molar-refractivity contribution in [2.75, 3.05) is 21.3 Å². The van der Waals surface area contributed by atoms with E-state index < -0.39 is 23.9 Å². The molecule has 0 aromatic heterocycles. The van der Waals surface area contributed by atoms with Crippen LogP contribution in [0.3, 0.4) is 0 Å². The summed E-state index contributed by atoms with van der Waals surface area (Å²) in [5.41, 5.74) is 0.619. The lowest BCUT2D eigenvalue weighted by molar-refractivity contribution is -0.146. The number of rotatable bonds is 8. The summed E-state index contributed by atoms with van der Waals surface area (Å²) < 4.78 is 14.1. The van der Waals surface area contributed by atoms with Gasteiger partial charge >= 0.3 is 11.9 Å². The molecule has 0 bridgehead atoms. The highest BCUT2D eigenvalue weighted by Gasteiger charge is 2.21. The lowest BCUT2D eigenvalue weighted by atomic mass is 10.1. The van der Waals surface area contributed by atoms with E-state index in [1.54, 1.807) is 12.1 Å². The maximum Gasteiger partial charge on any atom is 0.328 e. The maximum atomic E-state index is 12.0. The largest absolute Gasteiger partial charge is 0.504 e. The molecule has 0 radical (unpaired) electrons. The third kappa shape index (κ3) is 6.54. The zero-order chi connectivity index (χ0) is 18.8. The Morgan fingerprint density at radius 1 is 1.20 bits per heavy atom. The van der Waals surface area contributed by atoms with E-state index in [4.69, 9.17) is 4.74 Å². The average molecular weight is 351 g/mol. The second-order valence-electron chi connectivity index (χ2n) is 4.96. The number of esters is 2. The van der Waals surface area contributed by atoms with Gasteiger partial charge in [0, 0.05) is 12.5 Å². The Kier molecular flexibility index (Phi) is 7.98. The van der Waals surface area contributed by atoms with Gasteiger partial charge in [-0.2, -0.15) is 0 Å². The highest BCUT2D eigenvalue weighted by Crippen LogP contribution is 2.26. The standard InChI is InChI=1S/C17H21NO7/c1-23-14-10-11(4-7-13(14)19)5-8-15(20)18-12(17(22)25-3)6-9-16(21)24-2/h4-5,7-8,10,12,19H,6,9H2,1-3H3,(H,18,20)/b8-5+/t12-/m0/s1. The molecule has 1 aromatic carbocycles. The number of phenols is 1. The molecule has 136 valence electrons. The smallest absolute Gasteiger partial charge is 0.328 e. The zero-order valence-corrected chi connectivity index (χ0v) is 14.3. The predicted molar refractivity (Wildman–Crippen MR) is 88.9 cm³/mol. The highest BCUT2D eigenvalue weighted by molar-refractivity contribution is 5.94. The Hall–Kier alpha value is -3.03. The molecule has 1 rings (SSSR count). The summed E-state index contributed by atoms with van der Waals surface area (Å²) in [7, 11) is 3.85. The van der Waals surface area contributed by atoms with Crippen LogP contribution in [0.1, 0.15) is 18.4 Å². The number of amides is 1. The third-order valence-electron chi connectivity index (χ3n) is 3.30. The fraction of sp³-hybridized carbons (Fsp3) is 0.353. The maximum absolute atomic E-state index is 12.0. The minimum absolute atomic E-state index is 0.0160. The number of aromatic hydroxyl groups is 1. The highest BCUT2D eigenvalue weighted by atomic mass is 16.5. The van der Waals surface area contributed by atoms with Crippen molar-refractivity contribution in [2.45, 2.75) is 18.9 Å². The molecule has 0 spiro atoms. The van der Waals surface area contributed by atoms with Crippen LogP contribution < -0.4 is 10.1 Å². The van der Waals surface area contributed by atoms with Gasteiger partial charge in [-0.25, -0.2) is 4.79 Å². The molecule has 0 aliphatic carbocycles. The summed E-state index contributed by atoms with van der Waals surface area (Å²) in [6.45, 7) is 0. The number of nitrogens with one attached hydrogen (secondary N) is 1. The molecule has 0 fully saturated rings. The topological polar surface area (TPSA) is 111 Å². The summed E-state index contributed by atoms with van der Waals surface area (Å²) in [6.07, 6.45) is 2.74. The summed E-state index contributed by atoms with van der Waals surface area (Å²) in [6, 6.07) is 3.62. The summed E-state index contributed by atoms with van der Waals surface area (Å²) in [4.78, 5) is 34.8. The first-order chi connectivity index (χ1) is 11.9. The average Bonchev–Trinajstić information content (AvgIpc) is 2.63. The van der Waals surface area contributed by atoms with Gasteiger partial charge in [-0.15, -0.1) is 0 Å². The van der Waals surface area contributed by atoms with Crippen LogP contribution in [0.5, 0.6) is 11.5 Å². The number of hydrogen-bond acceptors (Lipinski definition) is 7. The van der Waals surface area contributed by atoms with Gasteiger partial charge in [0.25, 0.3) is 0 Å². The van der Waals surface area contributed by atoms with Crippen molar-refractivity contribution in [3.63, 3.8) is 0 Å². The molecule has 0 unspecified atom stereocenters. The first-order valence-corrected chi connectivity index (χ1v) is 7.41. The molecule has 0 aliphatic heterocycles. The van der Waals surface area contributed by atoms with Gasteiger partial charge in [-0.05, 0) is 30.2 Å². The number of phenolic OH excluding ortho intramolecular Hbond substituents is 1. The van der Waals surface area contributed by atoms with Gasteiger partial charge in [-0.3, -0.25) is 9.59 Å². The molecule has 2 N–H and O–H groups in total. The van der Waals surface area contributed by atoms with Gasteiger partial charge in [0.2, 0.25) is 5.91 Å². The Bertz CT molecular complexity index is 654. The molecule has 25 heavy (non-hydrogen) atoms. The number of ether oxygens (including phenoxy) is 3. The van der Waals surface area contributed by atoms with Crippen molar-refractivity contribution in [1.82, 2.24) is 5.32 Å². The van der Waals surface area contributed by atoms with Gasteiger partial charge in [0.15, 0.2) is 11.5 Å². The van der Waals surface area contributed by atoms with Crippen LogP contribution in [0, 0.1) is 0 Å². The minimum atomic E-state index is -0.962. The zero-order valence-electron chi connectivity index (χ0n) is 14.3. The van der Waals surface area contributed by atoms with Crippen LogP contribution in [0.25, 0.3) is 6.08 Å². The van der Waals surface area contributed by atoms with Crippen molar-refractivity contribution in [2.24, 2.45) is 0 Å². The van der Waals surface area contributed by atoms with Crippen LogP contribution in [0.2, 0.25) is 0 Å². The molecule has 8 nitrogen and oxygen atoms in total. The molecule has 1 atom stereocenters. The predicted octanol–water partition coefficient (Wildman–Crippen LogP) is 1.02. The number of benzene rings is 1. The normalized spacial score (nSPS) is 11.6. The first kappa shape index (κ1) is 20.0. The molecule has 1 amide bonds. The van der Waals surface area contributed by atoms with Gasteiger partial charge in [0.05, 0.1) is 21.3 Å². The summed E-state index contributed by atoms with van der Waals surface area (Å²) in [5, 5.41) is 12.0. The lowest BCUT2D eigenvalue weighted by Gasteiger charge is -2.14. The van der Waals surface area contributed by atoms with Crippen LogP contribution in [0.4, 0.5) is 0 Å². The molecule has 0 aliphatic rings. The number of methoxy groups -OCH3 is 3. The monoisotopic (exact) mass is 351 g/mol. The van der Waals surface area contributed by atoms with E-state index in [9.17, 15) is 19.5 Å². The van der Waals surface area contributed by atoms with E-state index in [1.165, 1.54) is 39.5 Å². The summed E-state index contributed by atoms with van der Waals surface area (Å²) >= 11 is 0. The molecular formula is C17H21NO7. The van der Waals surface area contributed by atoms with Crippen LogP contribution >= 0.6 is 0 Å². The van der Waals surface area contributed by atoms with Gasteiger partial charge in [-0.1, -0.05) is 6.07 Å². The quantitative estimate of drug-likeness (QED) is 0.531. The van der Waals surface area contributed by atoms with Crippen molar-refractivity contribution in [3.8, 4) is 11.5 Å². The molecule has 1 aromatic rings. The SMILES string of the molecule is COC(=O)CC[C@H](NC(=O)/C=C/c1ccc(O)c(OC)c1)C(=O)OC. The summed E-state index contributed by atoms with van der Waals surface area (Å²) in [5.74, 6) is -1.43.